The van der Waals surface area contributed by atoms with Crippen LogP contribution < -0.4 is 0 Å². The summed E-state index contributed by atoms with van der Waals surface area (Å²) in [6, 6.07) is 3.85. The number of ether oxygens (including phenoxy) is 1. The van der Waals surface area contributed by atoms with Gasteiger partial charge in [0.2, 0.25) is 0 Å². The monoisotopic (exact) mass is 260 g/mol. The van der Waals surface area contributed by atoms with Crippen molar-refractivity contribution in [2.24, 2.45) is 5.92 Å². The number of ketones is 2. The van der Waals surface area contributed by atoms with E-state index in [1.54, 1.807) is 0 Å². The van der Waals surface area contributed by atoms with E-state index < -0.39 is 17.7 Å². The molecule has 1 unspecified atom stereocenters. The maximum absolute atomic E-state index is 12.4. The standard InChI is InChI=1S/C15H16O4/c1-8-4-5-9(2)12-10(8)6-7-11(13(12)16)14(17)15(18)19-3/h4-5,11H,6-7H2,1-3H3. The second-order valence-corrected chi connectivity index (χ2v) is 4.86. The van der Waals surface area contributed by atoms with E-state index in [1.807, 2.05) is 26.0 Å². The third-order valence-corrected chi connectivity index (χ3v) is 3.70. The van der Waals surface area contributed by atoms with Gasteiger partial charge in [0.15, 0.2) is 5.78 Å². The second-order valence-electron chi connectivity index (χ2n) is 4.86. The van der Waals surface area contributed by atoms with Gasteiger partial charge in [-0.2, -0.15) is 0 Å². The van der Waals surface area contributed by atoms with Gasteiger partial charge < -0.3 is 4.74 Å². The number of aryl methyl sites for hydroxylation is 2. The van der Waals surface area contributed by atoms with Crippen molar-refractivity contribution in [3.63, 3.8) is 0 Å². The molecule has 0 saturated heterocycles. The van der Waals surface area contributed by atoms with Crippen LogP contribution in [0.1, 0.15) is 33.5 Å². The topological polar surface area (TPSA) is 60.4 Å². The summed E-state index contributed by atoms with van der Waals surface area (Å²) in [5.74, 6) is -2.82. The highest BCUT2D eigenvalue weighted by atomic mass is 16.5. The van der Waals surface area contributed by atoms with Crippen LogP contribution in [0.15, 0.2) is 12.1 Å². The number of hydrogen-bond acceptors (Lipinski definition) is 4. The molecule has 1 aliphatic carbocycles. The van der Waals surface area contributed by atoms with Crippen molar-refractivity contribution in [3.8, 4) is 0 Å². The quantitative estimate of drug-likeness (QED) is 0.462. The molecule has 1 aliphatic rings. The number of benzene rings is 1. The van der Waals surface area contributed by atoms with Gasteiger partial charge in [0.25, 0.3) is 5.78 Å². The van der Waals surface area contributed by atoms with Crippen LogP contribution in [-0.2, 0) is 20.7 Å². The normalized spacial score (nSPS) is 17.8. The average Bonchev–Trinajstić information content (AvgIpc) is 2.41. The number of esters is 1. The Bertz CT molecular complexity index is 572. The lowest BCUT2D eigenvalue weighted by atomic mass is 9.77. The molecule has 0 bridgehead atoms. The van der Waals surface area contributed by atoms with Crippen LogP contribution in [0, 0.1) is 19.8 Å². The van der Waals surface area contributed by atoms with E-state index >= 15 is 0 Å². The third kappa shape index (κ3) is 2.18. The van der Waals surface area contributed by atoms with Crippen molar-refractivity contribution in [3.05, 3.63) is 34.4 Å². The van der Waals surface area contributed by atoms with Gasteiger partial charge in [0, 0.05) is 5.56 Å². The number of fused-ring (bicyclic) bond motifs is 1. The summed E-state index contributed by atoms with van der Waals surface area (Å²) < 4.78 is 4.41. The first-order chi connectivity index (χ1) is 8.97. The van der Waals surface area contributed by atoms with E-state index in [9.17, 15) is 14.4 Å². The highest BCUT2D eigenvalue weighted by Crippen LogP contribution is 2.30. The first kappa shape index (κ1) is 13.5. The number of Topliss-reactive ketones (excluding diaryl/α,β-unsaturated/α-hetero) is 2. The van der Waals surface area contributed by atoms with E-state index in [4.69, 9.17) is 0 Å². The van der Waals surface area contributed by atoms with Gasteiger partial charge in [0.1, 0.15) is 0 Å². The van der Waals surface area contributed by atoms with Crippen molar-refractivity contribution < 1.29 is 19.1 Å². The van der Waals surface area contributed by atoms with Crippen LogP contribution in [0.5, 0.6) is 0 Å². The van der Waals surface area contributed by atoms with Gasteiger partial charge in [-0.15, -0.1) is 0 Å². The largest absolute Gasteiger partial charge is 0.463 e. The molecule has 4 nitrogen and oxygen atoms in total. The van der Waals surface area contributed by atoms with Gasteiger partial charge in [-0.3, -0.25) is 9.59 Å². The van der Waals surface area contributed by atoms with Gasteiger partial charge in [-0.1, -0.05) is 12.1 Å². The highest BCUT2D eigenvalue weighted by molar-refractivity contribution is 6.39. The van der Waals surface area contributed by atoms with Crippen LogP contribution in [0.2, 0.25) is 0 Å². The number of methoxy groups -OCH3 is 1. The van der Waals surface area contributed by atoms with Crippen molar-refractivity contribution >= 4 is 17.5 Å². The minimum absolute atomic E-state index is 0.252. The van der Waals surface area contributed by atoms with Crippen LogP contribution in [-0.4, -0.2) is 24.6 Å². The highest BCUT2D eigenvalue weighted by Gasteiger charge is 2.37. The van der Waals surface area contributed by atoms with Crippen LogP contribution in [0.25, 0.3) is 0 Å². The molecule has 0 saturated carbocycles. The summed E-state index contributed by atoms with van der Waals surface area (Å²) >= 11 is 0. The van der Waals surface area contributed by atoms with Crippen LogP contribution in [0.3, 0.4) is 0 Å². The van der Waals surface area contributed by atoms with Crippen molar-refractivity contribution in [1.29, 1.82) is 0 Å². The molecular weight excluding hydrogens is 244 g/mol. The summed E-state index contributed by atoms with van der Waals surface area (Å²) in [7, 11) is 1.15. The predicted octanol–water partition coefficient (Wildman–Crippen LogP) is 1.79. The van der Waals surface area contributed by atoms with Crippen molar-refractivity contribution in [2.45, 2.75) is 26.7 Å². The number of rotatable bonds is 2. The minimum Gasteiger partial charge on any atom is -0.463 e. The summed E-state index contributed by atoms with van der Waals surface area (Å²) in [6.45, 7) is 3.80. The molecule has 0 radical (unpaired) electrons. The zero-order valence-electron chi connectivity index (χ0n) is 11.3. The van der Waals surface area contributed by atoms with E-state index in [2.05, 4.69) is 4.74 Å². The summed E-state index contributed by atoms with van der Waals surface area (Å²) in [5, 5.41) is 0. The van der Waals surface area contributed by atoms with Crippen molar-refractivity contribution in [1.82, 2.24) is 0 Å². The maximum atomic E-state index is 12.4. The maximum Gasteiger partial charge on any atom is 0.375 e. The smallest absolute Gasteiger partial charge is 0.375 e. The Morgan fingerprint density at radius 3 is 2.47 bits per heavy atom. The molecule has 19 heavy (non-hydrogen) atoms. The second kappa shape index (κ2) is 4.96. The lowest BCUT2D eigenvalue weighted by Crippen LogP contribution is -2.35. The Balaban J connectivity index is 2.43. The Labute approximate surface area is 111 Å². The summed E-state index contributed by atoms with van der Waals surface area (Å²) in [4.78, 5) is 35.6. The predicted molar refractivity (Wildman–Crippen MR) is 69.1 cm³/mol. The molecule has 100 valence electrons. The number of carbonyl (C=O) groups excluding carboxylic acids is 3. The van der Waals surface area contributed by atoms with Crippen LogP contribution in [0.4, 0.5) is 0 Å². The molecule has 0 amide bonds. The first-order valence-corrected chi connectivity index (χ1v) is 6.22. The molecule has 1 atom stereocenters. The molecule has 0 spiro atoms. The van der Waals surface area contributed by atoms with Crippen LogP contribution >= 0.6 is 0 Å². The Kier molecular flexibility index (Phi) is 3.51. The van der Waals surface area contributed by atoms with Gasteiger partial charge in [0.05, 0.1) is 13.0 Å². The molecule has 0 aliphatic heterocycles. The van der Waals surface area contributed by atoms with E-state index in [-0.39, 0.29) is 5.78 Å². The molecule has 0 fully saturated rings. The Hall–Kier alpha value is -1.97. The molecule has 2 rings (SSSR count). The van der Waals surface area contributed by atoms with E-state index in [1.165, 1.54) is 0 Å². The molecule has 1 aromatic rings. The molecule has 0 aromatic heterocycles. The Morgan fingerprint density at radius 1 is 1.21 bits per heavy atom. The molecule has 4 heteroatoms. The van der Waals surface area contributed by atoms with Gasteiger partial charge in [-0.05, 0) is 43.4 Å². The molecule has 1 aromatic carbocycles. The fraction of sp³-hybridized carbons (Fsp3) is 0.400. The molecule has 0 heterocycles. The summed E-state index contributed by atoms with van der Waals surface area (Å²) in [6.07, 6.45) is 1.02. The fourth-order valence-corrected chi connectivity index (χ4v) is 2.62. The fourth-order valence-electron chi connectivity index (χ4n) is 2.62. The lowest BCUT2D eigenvalue weighted by Gasteiger charge is -2.24. The average molecular weight is 260 g/mol. The minimum atomic E-state index is -0.938. The molecular formula is C15H16O4. The Morgan fingerprint density at radius 2 is 1.84 bits per heavy atom. The zero-order valence-corrected chi connectivity index (χ0v) is 11.3. The molecule has 0 N–H and O–H groups in total. The van der Waals surface area contributed by atoms with Gasteiger partial charge >= 0.3 is 5.97 Å². The van der Waals surface area contributed by atoms with E-state index in [0.717, 1.165) is 23.8 Å². The zero-order chi connectivity index (χ0) is 14.2. The van der Waals surface area contributed by atoms with Gasteiger partial charge in [-0.25, -0.2) is 4.79 Å². The number of carbonyl (C=O) groups is 3. The van der Waals surface area contributed by atoms with Crippen molar-refractivity contribution in [2.75, 3.05) is 7.11 Å². The third-order valence-electron chi connectivity index (χ3n) is 3.70. The van der Waals surface area contributed by atoms with E-state index in [0.29, 0.717) is 18.4 Å². The lowest BCUT2D eigenvalue weighted by molar-refractivity contribution is -0.153. The SMILES string of the molecule is COC(=O)C(=O)C1CCc2c(C)ccc(C)c2C1=O. The number of hydrogen-bond donors (Lipinski definition) is 0. The first-order valence-electron chi connectivity index (χ1n) is 6.22. The summed E-state index contributed by atoms with van der Waals surface area (Å²) in [5.41, 5.74) is 3.51.